The quantitative estimate of drug-likeness (QED) is 0.855. The lowest BCUT2D eigenvalue weighted by Gasteiger charge is -2.19. The van der Waals surface area contributed by atoms with E-state index in [1.54, 1.807) is 13.8 Å². The van der Waals surface area contributed by atoms with Crippen LogP contribution in [-0.4, -0.2) is 25.8 Å². The minimum absolute atomic E-state index is 0.0837. The first kappa shape index (κ1) is 14.8. The minimum atomic E-state index is -4.06. The topological polar surface area (TPSA) is 63.4 Å². The van der Waals surface area contributed by atoms with Gasteiger partial charge in [0.2, 0.25) is 10.0 Å². The SMILES string of the molecule is CCN(CC)S(=O)(=O)c1cc(N)c(C)c(F)c1F. The van der Waals surface area contributed by atoms with E-state index in [9.17, 15) is 17.2 Å². The number of anilines is 1. The third kappa shape index (κ3) is 2.32. The highest BCUT2D eigenvalue weighted by atomic mass is 32.2. The van der Waals surface area contributed by atoms with Gasteiger partial charge >= 0.3 is 0 Å². The molecular formula is C11H16F2N2O2S. The number of nitrogens with zero attached hydrogens (tertiary/aromatic N) is 1. The van der Waals surface area contributed by atoms with Crippen molar-refractivity contribution in [2.24, 2.45) is 0 Å². The zero-order chi connectivity index (χ0) is 14.1. The summed E-state index contributed by atoms with van der Waals surface area (Å²) in [6.45, 7) is 4.88. The predicted octanol–water partition coefficient (Wildman–Crippen LogP) is 1.89. The number of hydrogen-bond acceptors (Lipinski definition) is 3. The van der Waals surface area contributed by atoms with Crippen LogP contribution in [0, 0.1) is 18.6 Å². The molecule has 1 aromatic rings. The van der Waals surface area contributed by atoms with Gasteiger partial charge in [-0.15, -0.1) is 0 Å². The molecule has 7 heteroatoms. The molecule has 2 N–H and O–H groups in total. The maximum atomic E-state index is 13.7. The maximum absolute atomic E-state index is 13.7. The predicted molar refractivity (Wildman–Crippen MR) is 65.6 cm³/mol. The summed E-state index contributed by atoms with van der Waals surface area (Å²) >= 11 is 0. The Hall–Kier alpha value is -1.21. The second-order valence-electron chi connectivity index (χ2n) is 3.81. The molecule has 0 aliphatic carbocycles. The van der Waals surface area contributed by atoms with Crippen LogP contribution < -0.4 is 5.73 Å². The summed E-state index contributed by atoms with van der Waals surface area (Å²) < 4.78 is 52.5. The van der Waals surface area contributed by atoms with Gasteiger partial charge in [-0.25, -0.2) is 17.2 Å². The summed E-state index contributed by atoms with van der Waals surface area (Å²) in [5.74, 6) is -2.60. The fourth-order valence-corrected chi connectivity index (χ4v) is 3.15. The first-order valence-electron chi connectivity index (χ1n) is 5.51. The number of benzene rings is 1. The van der Waals surface area contributed by atoms with Gasteiger partial charge in [0.05, 0.1) is 0 Å². The molecule has 18 heavy (non-hydrogen) atoms. The molecule has 0 aliphatic heterocycles. The van der Waals surface area contributed by atoms with Crippen molar-refractivity contribution in [2.45, 2.75) is 25.7 Å². The van der Waals surface area contributed by atoms with Crippen molar-refractivity contribution in [3.8, 4) is 0 Å². The van der Waals surface area contributed by atoms with Gasteiger partial charge < -0.3 is 5.73 Å². The van der Waals surface area contributed by atoms with Crippen molar-refractivity contribution >= 4 is 15.7 Å². The Morgan fingerprint density at radius 3 is 2.17 bits per heavy atom. The Balaban J connectivity index is 3.52. The van der Waals surface area contributed by atoms with Crippen LogP contribution in [0.1, 0.15) is 19.4 Å². The van der Waals surface area contributed by atoms with E-state index in [1.807, 2.05) is 0 Å². The molecule has 1 rings (SSSR count). The van der Waals surface area contributed by atoms with Gasteiger partial charge in [-0.2, -0.15) is 4.31 Å². The van der Waals surface area contributed by atoms with Gasteiger partial charge in [-0.05, 0) is 13.0 Å². The summed E-state index contributed by atoms with van der Waals surface area (Å²) in [6, 6.07) is 0.960. The fourth-order valence-electron chi connectivity index (χ4n) is 1.60. The minimum Gasteiger partial charge on any atom is -0.398 e. The largest absolute Gasteiger partial charge is 0.398 e. The van der Waals surface area contributed by atoms with Crippen molar-refractivity contribution in [3.63, 3.8) is 0 Å². The van der Waals surface area contributed by atoms with E-state index in [-0.39, 0.29) is 24.3 Å². The van der Waals surface area contributed by atoms with Crippen LogP contribution in [0.3, 0.4) is 0 Å². The van der Waals surface area contributed by atoms with E-state index in [4.69, 9.17) is 5.73 Å². The van der Waals surface area contributed by atoms with E-state index in [1.165, 1.54) is 6.92 Å². The van der Waals surface area contributed by atoms with Crippen LogP contribution in [0.25, 0.3) is 0 Å². The van der Waals surface area contributed by atoms with Crippen molar-refractivity contribution in [3.05, 3.63) is 23.3 Å². The van der Waals surface area contributed by atoms with Crippen molar-refractivity contribution < 1.29 is 17.2 Å². The molecule has 0 unspecified atom stereocenters. The molecule has 4 nitrogen and oxygen atoms in total. The second-order valence-corrected chi connectivity index (χ2v) is 5.71. The third-order valence-electron chi connectivity index (χ3n) is 2.78. The Morgan fingerprint density at radius 2 is 1.72 bits per heavy atom. The Morgan fingerprint density at radius 1 is 1.22 bits per heavy atom. The lowest BCUT2D eigenvalue weighted by Crippen LogP contribution is -2.31. The van der Waals surface area contributed by atoms with Gasteiger partial charge in [0.1, 0.15) is 4.90 Å². The van der Waals surface area contributed by atoms with Crippen LogP contribution in [0.15, 0.2) is 11.0 Å². The van der Waals surface area contributed by atoms with E-state index < -0.39 is 26.6 Å². The van der Waals surface area contributed by atoms with Crippen LogP contribution in [0.4, 0.5) is 14.5 Å². The number of nitrogens with two attached hydrogens (primary N) is 1. The molecule has 0 aliphatic rings. The maximum Gasteiger partial charge on any atom is 0.246 e. The highest BCUT2D eigenvalue weighted by molar-refractivity contribution is 7.89. The van der Waals surface area contributed by atoms with Crippen molar-refractivity contribution in [2.75, 3.05) is 18.8 Å². The lowest BCUT2D eigenvalue weighted by molar-refractivity contribution is 0.431. The summed E-state index contributed by atoms with van der Waals surface area (Å²) in [5.41, 5.74) is 5.31. The second kappa shape index (κ2) is 5.19. The van der Waals surface area contributed by atoms with Gasteiger partial charge in [0, 0.05) is 24.3 Å². The standard InChI is InChI=1S/C11H16F2N2O2S/c1-4-15(5-2)18(16,17)9-6-8(14)7(3)10(12)11(9)13/h6H,4-5,14H2,1-3H3. The molecule has 0 saturated heterocycles. The summed E-state index contributed by atoms with van der Waals surface area (Å²) in [7, 11) is -4.06. The monoisotopic (exact) mass is 278 g/mol. The average molecular weight is 278 g/mol. The summed E-state index contributed by atoms with van der Waals surface area (Å²) in [4.78, 5) is -0.716. The Bertz CT molecular complexity index is 555. The van der Waals surface area contributed by atoms with Gasteiger partial charge in [0.25, 0.3) is 0 Å². The first-order chi connectivity index (χ1) is 8.27. The number of halogens is 2. The number of nitrogen functional groups attached to an aromatic ring is 1. The molecule has 0 fully saturated rings. The molecule has 0 saturated carbocycles. The van der Waals surface area contributed by atoms with Crippen molar-refractivity contribution in [1.29, 1.82) is 0 Å². The Labute approximate surface area is 105 Å². The summed E-state index contributed by atoms with van der Waals surface area (Å²) in [6.07, 6.45) is 0. The molecule has 0 aromatic heterocycles. The fraction of sp³-hybridized carbons (Fsp3) is 0.455. The third-order valence-corrected chi connectivity index (χ3v) is 4.83. The number of hydrogen-bond donors (Lipinski definition) is 1. The smallest absolute Gasteiger partial charge is 0.246 e. The zero-order valence-electron chi connectivity index (χ0n) is 10.5. The molecule has 0 radical (unpaired) electrons. The highest BCUT2D eigenvalue weighted by Gasteiger charge is 2.28. The molecule has 1 aromatic carbocycles. The Kier molecular flexibility index (Phi) is 4.28. The molecule has 102 valence electrons. The normalized spacial score (nSPS) is 12.1. The summed E-state index contributed by atoms with van der Waals surface area (Å²) in [5, 5.41) is 0. The zero-order valence-corrected chi connectivity index (χ0v) is 11.3. The van der Waals surface area contributed by atoms with Crippen LogP contribution in [0.5, 0.6) is 0 Å². The van der Waals surface area contributed by atoms with Crippen LogP contribution in [-0.2, 0) is 10.0 Å². The molecule has 0 amide bonds. The molecule has 0 atom stereocenters. The molecule has 0 heterocycles. The molecule has 0 bridgehead atoms. The van der Waals surface area contributed by atoms with Gasteiger partial charge in [0.15, 0.2) is 11.6 Å². The van der Waals surface area contributed by atoms with Crippen LogP contribution in [0.2, 0.25) is 0 Å². The number of sulfonamides is 1. The number of rotatable bonds is 4. The highest BCUT2D eigenvalue weighted by Crippen LogP contribution is 2.27. The van der Waals surface area contributed by atoms with Crippen LogP contribution >= 0.6 is 0 Å². The van der Waals surface area contributed by atoms with E-state index >= 15 is 0 Å². The lowest BCUT2D eigenvalue weighted by atomic mass is 10.2. The molecule has 0 spiro atoms. The van der Waals surface area contributed by atoms with E-state index in [2.05, 4.69) is 0 Å². The van der Waals surface area contributed by atoms with Crippen molar-refractivity contribution in [1.82, 2.24) is 4.31 Å². The van der Waals surface area contributed by atoms with Gasteiger partial charge in [-0.3, -0.25) is 0 Å². The van der Waals surface area contributed by atoms with E-state index in [0.29, 0.717) is 0 Å². The first-order valence-corrected chi connectivity index (χ1v) is 6.95. The van der Waals surface area contributed by atoms with Gasteiger partial charge in [-0.1, -0.05) is 13.8 Å². The molecular weight excluding hydrogens is 262 g/mol. The average Bonchev–Trinajstić information content (AvgIpc) is 2.32. The van der Waals surface area contributed by atoms with E-state index in [0.717, 1.165) is 10.4 Å².